The molecule has 3 aliphatic carbocycles. The molecule has 1 aromatic carbocycles. The molecule has 3 aliphatic rings. The fourth-order valence-corrected chi connectivity index (χ4v) is 5.98. The molecule has 0 saturated heterocycles. The third-order valence-corrected chi connectivity index (χ3v) is 8.46. The van der Waals surface area contributed by atoms with E-state index in [1.54, 1.807) is 0 Å². The molecule has 0 radical (unpaired) electrons. The first-order chi connectivity index (χ1) is 14.3. The summed E-state index contributed by atoms with van der Waals surface area (Å²) in [5.41, 5.74) is 4.06. The largest absolute Gasteiger partial charge is 0.304 e. The van der Waals surface area contributed by atoms with Crippen LogP contribution in [0.4, 0.5) is 0 Å². The van der Waals surface area contributed by atoms with E-state index in [1.807, 2.05) is 22.9 Å². The monoisotopic (exact) mass is 409 g/mol. The minimum Gasteiger partial charge on any atom is -0.304 e. The predicted molar refractivity (Wildman–Crippen MR) is 125 cm³/mol. The van der Waals surface area contributed by atoms with Gasteiger partial charge in [0.05, 0.1) is 17.4 Å². The molecule has 0 unspecified atom stereocenters. The van der Waals surface area contributed by atoms with Gasteiger partial charge in [-0.25, -0.2) is 4.68 Å². The molecule has 4 nitrogen and oxygen atoms in total. The van der Waals surface area contributed by atoms with Gasteiger partial charge in [0.2, 0.25) is 0 Å². The molecular weight excluding hydrogens is 370 g/mol. The minimum absolute atomic E-state index is 0.134. The molecule has 0 spiro atoms. The van der Waals surface area contributed by atoms with Crippen LogP contribution in [-0.4, -0.2) is 33.9 Å². The highest BCUT2D eigenvalue weighted by atomic mass is 16.1. The van der Waals surface area contributed by atoms with E-state index in [0.717, 1.165) is 17.7 Å². The normalized spacial score (nSPS) is 25.9. The van der Waals surface area contributed by atoms with Crippen molar-refractivity contribution in [3.63, 3.8) is 0 Å². The van der Waals surface area contributed by atoms with Gasteiger partial charge >= 0.3 is 0 Å². The third-order valence-electron chi connectivity index (χ3n) is 8.46. The lowest BCUT2D eigenvalue weighted by molar-refractivity contribution is 0.215. The van der Waals surface area contributed by atoms with Crippen LogP contribution < -0.4 is 5.56 Å². The highest BCUT2D eigenvalue weighted by molar-refractivity contribution is 5.48. The SMILES string of the molecule is CC1(C)[C@@H]2CC[C@@]1(C)c1c2c(=O)n(-c2ccccc2)n1C1CC1.CCN(CC)CC. The van der Waals surface area contributed by atoms with Crippen molar-refractivity contribution in [2.24, 2.45) is 5.41 Å². The van der Waals surface area contributed by atoms with Gasteiger partial charge in [0, 0.05) is 11.0 Å². The Hall–Kier alpha value is -1.81. The molecule has 2 fully saturated rings. The van der Waals surface area contributed by atoms with Crippen LogP contribution in [0.5, 0.6) is 0 Å². The molecule has 2 atom stereocenters. The summed E-state index contributed by atoms with van der Waals surface area (Å²) in [5, 5.41) is 0. The van der Waals surface area contributed by atoms with Gasteiger partial charge in [0.15, 0.2) is 0 Å². The molecule has 0 amide bonds. The highest BCUT2D eigenvalue weighted by Gasteiger charge is 2.63. The maximum absolute atomic E-state index is 13.4. The lowest BCUT2D eigenvalue weighted by Gasteiger charge is -2.36. The molecule has 4 heteroatoms. The van der Waals surface area contributed by atoms with Gasteiger partial charge in [-0.15, -0.1) is 0 Å². The van der Waals surface area contributed by atoms with Crippen LogP contribution in [0.15, 0.2) is 35.1 Å². The molecule has 1 aromatic heterocycles. The average molecular weight is 410 g/mol. The number of nitrogens with zero attached hydrogens (tertiary/aromatic N) is 3. The zero-order chi connectivity index (χ0) is 21.7. The fourth-order valence-electron chi connectivity index (χ4n) is 5.98. The molecule has 1 heterocycles. The summed E-state index contributed by atoms with van der Waals surface area (Å²) in [6, 6.07) is 10.7. The van der Waals surface area contributed by atoms with Crippen molar-refractivity contribution in [1.82, 2.24) is 14.3 Å². The van der Waals surface area contributed by atoms with Crippen molar-refractivity contribution in [2.75, 3.05) is 19.6 Å². The Morgan fingerprint density at radius 2 is 1.57 bits per heavy atom. The van der Waals surface area contributed by atoms with Gasteiger partial charge in [0.25, 0.3) is 5.56 Å². The van der Waals surface area contributed by atoms with Crippen molar-refractivity contribution >= 4 is 0 Å². The van der Waals surface area contributed by atoms with Crippen LogP contribution in [0.2, 0.25) is 0 Å². The lowest BCUT2D eigenvalue weighted by Crippen LogP contribution is -2.35. The van der Waals surface area contributed by atoms with Gasteiger partial charge in [-0.05, 0) is 68.8 Å². The second kappa shape index (κ2) is 7.71. The Labute approximate surface area is 181 Å². The van der Waals surface area contributed by atoms with E-state index in [0.29, 0.717) is 12.0 Å². The Kier molecular flexibility index (Phi) is 5.50. The maximum Gasteiger partial charge on any atom is 0.275 e. The van der Waals surface area contributed by atoms with E-state index in [2.05, 4.69) is 63.3 Å². The summed E-state index contributed by atoms with van der Waals surface area (Å²) in [6.45, 7) is 17.3. The summed E-state index contributed by atoms with van der Waals surface area (Å²) >= 11 is 0. The minimum atomic E-state index is 0.134. The smallest absolute Gasteiger partial charge is 0.275 e. The maximum atomic E-state index is 13.4. The fraction of sp³-hybridized carbons (Fsp3) is 0.654. The molecule has 2 bridgehead atoms. The van der Waals surface area contributed by atoms with E-state index in [1.165, 1.54) is 44.6 Å². The summed E-state index contributed by atoms with van der Waals surface area (Å²) in [5.74, 6) is 0.421. The average Bonchev–Trinajstić information content (AvgIpc) is 3.47. The van der Waals surface area contributed by atoms with Crippen LogP contribution in [0, 0.1) is 5.41 Å². The summed E-state index contributed by atoms with van der Waals surface area (Å²) in [7, 11) is 0. The van der Waals surface area contributed by atoms with Crippen molar-refractivity contribution in [3.8, 4) is 5.69 Å². The Bertz CT molecular complexity index is 941. The first-order valence-corrected chi connectivity index (χ1v) is 12.0. The first-order valence-electron chi connectivity index (χ1n) is 12.0. The quantitative estimate of drug-likeness (QED) is 0.653. The first kappa shape index (κ1) is 21.4. The van der Waals surface area contributed by atoms with Crippen LogP contribution in [0.3, 0.4) is 0 Å². The van der Waals surface area contributed by atoms with E-state index in [4.69, 9.17) is 0 Å². The molecule has 5 rings (SSSR count). The second-order valence-corrected chi connectivity index (χ2v) is 10.1. The molecule has 30 heavy (non-hydrogen) atoms. The van der Waals surface area contributed by atoms with E-state index < -0.39 is 0 Å². The van der Waals surface area contributed by atoms with E-state index >= 15 is 0 Å². The topological polar surface area (TPSA) is 30.2 Å². The van der Waals surface area contributed by atoms with Gasteiger partial charge in [-0.2, -0.15) is 0 Å². The Morgan fingerprint density at radius 3 is 2.07 bits per heavy atom. The Balaban J connectivity index is 0.000000272. The van der Waals surface area contributed by atoms with Crippen LogP contribution >= 0.6 is 0 Å². The van der Waals surface area contributed by atoms with Gasteiger partial charge in [-0.3, -0.25) is 9.48 Å². The number of para-hydroxylation sites is 1. The zero-order valence-corrected chi connectivity index (χ0v) is 19.7. The van der Waals surface area contributed by atoms with E-state index in [9.17, 15) is 4.79 Å². The second-order valence-electron chi connectivity index (χ2n) is 10.1. The molecule has 0 aliphatic heterocycles. The number of benzene rings is 1. The van der Waals surface area contributed by atoms with Gasteiger partial charge in [-0.1, -0.05) is 59.7 Å². The van der Waals surface area contributed by atoms with Crippen molar-refractivity contribution < 1.29 is 0 Å². The number of fused-ring (bicyclic) bond motifs is 5. The Morgan fingerprint density at radius 1 is 0.967 bits per heavy atom. The summed E-state index contributed by atoms with van der Waals surface area (Å²) < 4.78 is 4.36. The van der Waals surface area contributed by atoms with E-state index in [-0.39, 0.29) is 16.4 Å². The van der Waals surface area contributed by atoms with Crippen LogP contribution in [-0.2, 0) is 5.41 Å². The molecule has 164 valence electrons. The molecule has 2 aromatic rings. The third kappa shape index (κ3) is 3.02. The zero-order valence-electron chi connectivity index (χ0n) is 19.7. The number of aromatic nitrogens is 2. The highest BCUT2D eigenvalue weighted by Crippen LogP contribution is 2.67. The molecular formula is C26H39N3O. The summed E-state index contributed by atoms with van der Waals surface area (Å²) in [6.07, 6.45) is 4.78. The van der Waals surface area contributed by atoms with Crippen LogP contribution in [0.25, 0.3) is 5.69 Å². The van der Waals surface area contributed by atoms with Crippen molar-refractivity contribution in [2.45, 2.75) is 84.6 Å². The number of rotatable bonds is 5. The number of hydrogen-bond donors (Lipinski definition) is 0. The van der Waals surface area contributed by atoms with Crippen molar-refractivity contribution in [1.29, 1.82) is 0 Å². The lowest BCUT2D eigenvalue weighted by atomic mass is 9.70. The standard InChI is InChI=1S/C20H24N2O.C6H15N/c1-19(2)15-11-12-20(19,3)17-16(15)18(23)22(21(17)14-9-10-14)13-7-5-4-6-8-13;1-4-7(5-2)6-3/h4-8,14-15H,9-12H2,1-3H3;4-6H2,1-3H3/t15-,20+;/m1./s1. The predicted octanol–water partition coefficient (Wildman–Crippen LogP) is 5.50. The van der Waals surface area contributed by atoms with Gasteiger partial charge < -0.3 is 4.90 Å². The van der Waals surface area contributed by atoms with Gasteiger partial charge in [0.1, 0.15) is 0 Å². The van der Waals surface area contributed by atoms with Crippen LogP contribution in [0.1, 0.15) is 90.4 Å². The van der Waals surface area contributed by atoms with Crippen molar-refractivity contribution in [3.05, 3.63) is 51.9 Å². The molecule has 2 saturated carbocycles. The number of hydrogen-bond acceptors (Lipinski definition) is 2. The summed E-state index contributed by atoms with van der Waals surface area (Å²) in [4.78, 5) is 15.8. The molecule has 0 N–H and O–H groups in total.